The molecule has 0 aliphatic heterocycles. The summed E-state index contributed by atoms with van der Waals surface area (Å²) >= 11 is 0. The Labute approximate surface area is 169 Å². The molecule has 0 amide bonds. The van der Waals surface area contributed by atoms with E-state index >= 15 is 0 Å². The van der Waals surface area contributed by atoms with Gasteiger partial charge in [0.05, 0.1) is 12.0 Å². The van der Waals surface area contributed by atoms with Crippen LogP contribution in [0.1, 0.15) is 32.3 Å². The third-order valence-corrected chi connectivity index (χ3v) is 4.41. The SMILES string of the molecule is CCCCOC(=O)COc1ccc2c(=O)c(Oc3ccccc3CC)coc2c1. The third-order valence-electron chi connectivity index (χ3n) is 4.41. The van der Waals surface area contributed by atoms with Crippen molar-refractivity contribution < 1.29 is 23.4 Å². The Balaban J connectivity index is 1.74. The van der Waals surface area contributed by atoms with Crippen molar-refractivity contribution in [2.45, 2.75) is 33.1 Å². The first kappa shape index (κ1) is 20.5. The molecule has 3 rings (SSSR count). The van der Waals surface area contributed by atoms with Crippen molar-refractivity contribution in [3.63, 3.8) is 0 Å². The predicted octanol–water partition coefficient (Wildman–Crippen LogP) is 4.87. The molecule has 2 aromatic carbocycles. The average Bonchev–Trinajstić information content (AvgIpc) is 2.74. The van der Waals surface area contributed by atoms with Crippen LogP contribution in [0.25, 0.3) is 11.0 Å². The molecule has 0 atom stereocenters. The molecule has 0 N–H and O–H groups in total. The maximum absolute atomic E-state index is 12.8. The zero-order valence-electron chi connectivity index (χ0n) is 16.6. The van der Waals surface area contributed by atoms with E-state index in [1.54, 1.807) is 18.2 Å². The van der Waals surface area contributed by atoms with E-state index in [9.17, 15) is 9.59 Å². The number of ether oxygens (including phenoxy) is 3. The molecule has 29 heavy (non-hydrogen) atoms. The van der Waals surface area contributed by atoms with Crippen molar-refractivity contribution in [3.05, 3.63) is 64.5 Å². The number of unbranched alkanes of at least 4 members (excludes halogenated alkanes) is 1. The van der Waals surface area contributed by atoms with Crippen molar-refractivity contribution in [3.8, 4) is 17.2 Å². The number of benzene rings is 2. The van der Waals surface area contributed by atoms with Gasteiger partial charge in [0.2, 0.25) is 11.2 Å². The Kier molecular flexibility index (Phi) is 6.89. The van der Waals surface area contributed by atoms with Crippen LogP contribution >= 0.6 is 0 Å². The Bertz CT molecular complexity index is 1040. The molecule has 0 spiro atoms. The molecule has 6 heteroatoms. The Morgan fingerprint density at radius 1 is 1.07 bits per heavy atom. The Hall–Kier alpha value is -3.28. The molecular formula is C23H24O6. The third kappa shape index (κ3) is 5.16. The monoisotopic (exact) mass is 396 g/mol. The second kappa shape index (κ2) is 9.78. The summed E-state index contributed by atoms with van der Waals surface area (Å²) in [6.45, 7) is 4.22. The van der Waals surface area contributed by atoms with Gasteiger partial charge in [-0.1, -0.05) is 38.5 Å². The molecule has 0 fully saturated rings. The van der Waals surface area contributed by atoms with Crippen LogP contribution in [0.2, 0.25) is 0 Å². The number of hydrogen-bond acceptors (Lipinski definition) is 6. The van der Waals surface area contributed by atoms with Crippen LogP contribution in [-0.4, -0.2) is 19.2 Å². The Morgan fingerprint density at radius 3 is 2.69 bits per heavy atom. The molecule has 0 radical (unpaired) electrons. The lowest BCUT2D eigenvalue weighted by Gasteiger charge is -2.10. The second-order valence-electron chi connectivity index (χ2n) is 6.51. The van der Waals surface area contributed by atoms with Gasteiger partial charge in [-0.15, -0.1) is 0 Å². The maximum Gasteiger partial charge on any atom is 0.344 e. The first-order valence-corrected chi connectivity index (χ1v) is 9.72. The summed E-state index contributed by atoms with van der Waals surface area (Å²) in [4.78, 5) is 24.4. The van der Waals surface area contributed by atoms with E-state index in [2.05, 4.69) is 0 Å². The van der Waals surface area contributed by atoms with E-state index < -0.39 is 5.97 Å². The summed E-state index contributed by atoms with van der Waals surface area (Å²) in [5.41, 5.74) is 1.08. The van der Waals surface area contributed by atoms with Gasteiger partial charge in [0, 0.05) is 6.07 Å². The molecule has 3 aromatic rings. The maximum atomic E-state index is 12.8. The molecule has 152 valence electrons. The average molecular weight is 396 g/mol. The normalized spacial score (nSPS) is 10.7. The predicted molar refractivity (Wildman–Crippen MR) is 110 cm³/mol. The molecule has 0 saturated carbocycles. The van der Waals surface area contributed by atoms with Crippen molar-refractivity contribution in [2.24, 2.45) is 0 Å². The molecule has 0 bridgehead atoms. The number of carbonyl (C=O) groups excluding carboxylic acids is 1. The fourth-order valence-electron chi connectivity index (χ4n) is 2.78. The van der Waals surface area contributed by atoms with Gasteiger partial charge in [0.1, 0.15) is 23.3 Å². The van der Waals surface area contributed by atoms with Crippen molar-refractivity contribution in [1.82, 2.24) is 0 Å². The minimum atomic E-state index is -0.432. The molecule has 0 saturated heterocycles. The molecular weight excluding hydrogens is 372 g/mol. The molecule has 0 aliphatic rings. The summed E-state index contributed by atoms with van der Waals surface area (Å²) < 4.78 is 21.9. The summed E-state index contributed by atoms with van der Waals surface area (Å²) in [5.74, 6) is 0.728. The van der Waals surface area contributed by atoms with Crippen LogP contribution in [0.15, 0.2) is 57.9 Å². The number of para-hydroxylation sites is 1. The minimum absolute atomic E-state index is 0.117. The molecule has 1 heterocycles. The highest BCUT2D eigenvalue weighted by atomic mass is 16.6. The quantitative estimate of drug-likeness (QED) is 0.379. The van der Waals surface area contributed by atoms with Crippen LogP contribution in [0.4, 0.5) is 0 Å². The van der Waals surface area contributed by atoms with Crippen molar-refractivity contribution in [2.75, 3.05) is 13.2 Å². The summed E-state index contributed by atoms with van der Waals surface area (Å²) in [6, 6.07) is 12.3. The van der Waals surface area contributed by atoms with Gasteiger partial charge in [-0.25, -0.2) is 4.79 Å². The topological polar surface area (TPSA) is 75.0 Å². The molecule has 1 aromatic heterocycles. The standard InChI is InChI=1S/C23H24O6/c1-3-5-12-26-22(24)15-27-17-10-11-18-20(13-17)28-14-21(23(18)25)29-19-9-7-6-8-16(19)4-2/h6-11,13-14H,3-5,12,15H2,1-2H3. The van der Waals surface area contributed by atoms with Gasteiger partial charge in [0.25, 0.3) is 0 Å². The minimum Gasteiger partial charge on any atom is -0.482 e. The number of aryl methyl sites for hydroxylation is 1. The number of hydrogen-bond donors (Lipinski definition) is 0. The zero-order chi connectivity index (χ0) is 20.6. The van der Waals surface area contributed by atoms with Crippen LogP contribution in [0.3, 0.4) is 0 Å². The lowest BCUT2D eigenvalue weighted by Crippen LogP contribution is -2.15. The summed E-state index contributed by atoms with van der Waals surface area (Å²) in [5, 5.41) is 0.370. The molecule has 6 nitrogen and oxygen atoms in total. The van der Waals surface area contributed by atoms with Crippen LogP contribution in [0, 0.1) is 0 Å². The largest absolute Gasteiger partial charge is 0.482 e. The fourth-order valence-corrected chi connectivity index (χ4v) is 2.78. The Morgan fingerprint density at radius 2 is 1.90 bits per heavy atom. The molecule has 0 unspecified atom stereocenters. The van der Waals surface area contributed by atoms with E-state index in [0.29, 0.717) is 29.1 Å². The van der Waals surface area contributed by atoms with Crippen molar-refractivity contribution >= 4 is 16.9 Å². The van der Waals surface area contributed by atoms with E-state index in [1.807, 2.05) is 38.1 Å². The second-order valence-corrected chi connectivity index (χ2v) is 6.51. The van der Waals surface area contributed by atoms with Gasteiger partial charge in [-0.3, -0.25) is 4.79 Å². The lowest BCUT2D eigenvalue weighted by molar-refractivity contribution is -0.146. The first-order valence-electron chi connectivity index (χ1n) is 9.72. The molecule has 0 aliphatic carbocycles. The van der Waals surface area contributed by atoms with Gasteiger partial charge in [-0.2, -0.15) is 0 Å². The van der Waals surface area contributed by atoms with E-state index in [-0.39, 0.29) is 17.8 Å². The summed E-state index contributed by atoms with van der Waals surface area (Å²) in [7, 11) is 0. The van der Waals surface area contributed by atoms with Crippen molar-refractivity contribution in [1.29, 1.82) is 0 Å². The van der Waals surface area contributed by atoms with Gasteiger partial charge >= 0.3 is 5.97 Å². The highest BCUT2D eigenvalue weighted by molar-refractivity contribution is 5.79. The zero-order valence-corrected chi connectivity index (χ0v) is 16.6. The number of rotatable bonds is 9. The number of fused-ring (bicyclic) bond motifs is 1. The van der Waals surface area contributed by atoms with E-state index in [4.69, 9.17) is 18.6 Å². The van der Waals surface area contributed by atoms with Gasteiger partial charge in [0.15, 0.2) is 6.61 Å². The van der Waals surface area contributed by atoms with Gasteiger partial charge in [-0.05, 0) is 36.6 Å². The highest BCUT2D eigenvalue weighted by Crippen LogP contribution is 2.26. The van der Waals surface area contributed by atoms with Crippen LogP contribution in [0.5, 0.6) is 17.2 Å². The fraction of sp³-hybridized carbons (Fsp3) is 0.304. The number of esters is 1. The number of carbonyl (C=O) groups is 1. The summed E-state index contributed by atoms with van der Waals surface area (Å²) in [6.07, 6.45) is 3.85. The van der Waals surface area contributed by atoms with Crippen LogP contribution < -0.4 is 14.9 Å². The smallest absolute Gasteiger partial charge is 0.344 e. The van der Waals surface area contributed by atoms with Gasteiger partial charge < -0.3 is 18.6 Å². The lowest BCUT2D eigenvalue weighted by atomic mass is 10.1. The van der Waals surface area contributed by atoms with E-state index in [1.165, 1.54) is 6.26 Å². The highest BCUT2D eigenvalue weighted by Gasteiger charge is 2.12. The van der Waals surface area contributed by atoms with E-state index in [0.717, 1.165) is 24.8 Å². The first-order chi connectivity index (χ1) is 14.1. The van der Waals surface area contributed by atoms with Crippen LogP contribution in [-0.2, 0) is 16.0 Å².